The lowest BCUT2D eigenvalue weighted by atomic mass is 9.95. The van der Waals surface area contributed by atoms with Crippen LogP contribution in [0.5, 0.6) is 5.75 Å². The number of amides is 2. The van der Waals surface area contributed by atoms with Gasteiger partial charge in [-0.1, -0.05) is 77.2 Å². The van der Waals surface area contributed by atoms with Crippen LogP contribution in [0.1, 0.15) is 103 Å². The minimum atomic E-state index is -0.378. The Kier molecular flexibility index (Phi) is 14.5. The molecule has 1 rings (SSSR count). The Bertz CT molecular complexity index is 671. The Morgan fingerprint density at radius 3 is 2.03 bits per heavy atom. The van der Waals surface area contributed by atoms with Gasteiger partial charge in [0.15, 0.2) is 0 Å². The lowest BCUT2D eigenvalue weighted by molar-refractivity contribution is -0.134. The number of nitrogens with one attached hydrogen (secondary N) is 1. The van der Waals surface area contributed by atoms with Crippen LogP contribution in [-0.4, -0.2) is 34.9 Å². The molecule has 0 saturated heterocycles. The molecule has 0 bridgehead atoms. The van der Waals surface area contributed by atoms with Gasteiger partial charge < -0.3 is 15.3 Å². The van der Waals surface area contributed by atoms with E-state index in [0.29, 0.717) is 25.2 Å². The van der Waals surface area contributed by atoms with E-state index >= 15 is 0 Å². The number of unbranched alkanes of at least 4 members (excludes halogenated alkanes) is 9. The van der Waals surface area contributed by atoms with Crippen molar-refractivity contribution in [3.8, 4) is 5.75 Å². The average Bonchev–Trinajstić information content (AvgIpc) is 2.77. The fourth-order valence-electron chi connectivity index (χ4n) is 4.11. The standard InChI is InChI=1S/C27H46N2O3/c1-5-8-9-10-11-12-13-14-15-16-17-23(21-26(31)29(6-2)7-3)27(32)28-24-20-22(4)18-19-25(24)30/h18-20,23,30H,5-17,21H2,1-4H3,(H,28,32). The Balaban J connectivity index is 2.56. The van der Waals surface area contributed by atoms with Crippen molar-refractivity contribution in [2.75, 3.05) is 18.4 Å². The SMILES string of the molecule is CCCCCCCCCCCCC(CC(=O)N(CC)CC)C(=O)Nc1cc(C)ccc1O. The monoisotopic (exact) mass is 446 g/mol. The van der Waals surface area contributed by atoms with E-state index in [1.807, 2.05) is 20.8 Å². The van der Waals surface area contributed by atoms with Crippen molar-refractivity contribution < 1.29 is 14.7 Å². The molecule has 0 heterocycles. The van der Waals surface area contributed by atoms with Crippen LogP contribution in [0.15, 0.2) is 18.2 Å². The number of anilines is 1. The molecule has 0 aliphatic carbocycles. The van der Waals surface area contributed by atoms with Crippen molar-refractivity contribution in [1.29, 1.82) is 0 Å². The van der Waals surface area contributed by atoms with Gasteiger partial charge in [-0.3, -0.25) is 9.59 Å². The highest BCUT2D eigenvalue weighted by Gasteiger charge is 2.24. The molecule has 5 nitrogen and oxygen atoms in total. The Morgan fingerprint density at radius 1 is 0.906 bits per heavy atom. The van der Waals surface area contributed by atoms with Gasteiger partial charge in [0.25, 0.3) is 0 Å². The minimum absolute atomic E-state index is 0.0238. The van der Waals surface area contributed by atoms with Crippen LogP contribution in [-0.2, 0) is 9.59 Å². The molecule has 0 radical (unpaired) electrons. The summed E-state index contributed by atoms with van der Waals surface area (Å²) in [6.07, 6.45) is 13.3. The van der Waals surface area contributed by atoms with Crippen molar-refractivity contribution in [2.45, 2.75) is 105 Å². The number of carbonyl (C=O) groups excluding carboxylic acids is 2. The number of hydrogen-bond donors (Lipinski definition) is 2. The molecule has 1 atom stereocenters. The molecule has 0 aliphatic rings. The number of aromatic hydroxyl groups is 1. The van der Waals surface area contributed by atoms with Gasteiger partial charge in [0.05, 0.1) is 5.69 Å². The fourth-order valence-corrected chi connectivity index (χ4v) is 4.11. The van der Waals surface area contributed by atoms with Crippen LogP contribution in [0.4, 0.5) is 5.69 Å². The highest BCUT2D eigenvalue weighted by Crippen LogP contribution is 2.26. The lowest BCUT2D eigenvalue weighted by Gasteiger charge is -2.23. The third-order valence-electron chi connectivity index (χ3n) is 6.22. The van der Waals surface area contributed by atoms with Gasteiger partial charge in [-0.05, 0) is 44.9 Å². The first-order chi connectivity index (χ1) is 15.4. The predicted octanol–water partition coefficient (Wildman–Crippen LogP) is 6.82. The minimum Gasteiger partial charge on any atom is -0.506 e. The molecule has 32 heavy (non-hydrogen) atoms. The van der Waals surface area contributed by atoms with Gasteiger partial charge in [-0.15, -0.1) is 0 Å². The number of rotatable bonds is 17. The summed E-state index contributed by atoms with van der Waals surface area (Å²) in [5.74, 6) is -0.480. The number of aryl methyl sites for hydroxylation is 1. The highest BCUT2D eigenvalue weighted by atomic mass is 16.3. The maximum Gasteiger partial charge on any atom is 0.228 e. The van der Waals surface area contributed by atoms with Gasteiger partial charge in [0.1, 0.15) is 5.75 Å². The summed E-state index contributed by atoms with van der Waals surface area (Å²) in [5, 5.41) is 12.9. The normalized spacial score (nSPS) is 11.9. The highest BCUT2D eigenvalue weighted by molar-refractivity contribution is 5.96. The molecule has 5 heteroatoms. The lowest BCUT2D eigenvalue weighted by Crippen LogP contribution is -2.34. The summed E-state index contributed by atoms with van der Waals surface area (Å²) < 4.78 is 0. The van der Waals surface area contributed by atoms with E-state index in [1.54, 1.807) is 23.1 Å². The quantitative estimate of drug-likeness (QED) is 0.204. The molecule has 1 aromatic carbocycles. The fraction of sp³-hybridized carbons (Fsp3) is 0.704. The van der Waals surface area contributed by atoms with Gasteiger partial charge in [-0.2, -0.15) is 0 Å². The Labute approximate surface area is 196 Å². The van der Waals surface area contributed by atoms with Crippen LogP contribution in [0.2, 0.25) is 0 Å². The Morgan fingerprint density at radius 2 is 1.47 bits per heavy atom. The molecule has 1 aromatic rings. The molecular formula is C27H46N2O3. The summed E-state index contributed by atoms with van der Waals surface area (Å²) in [5.41, 5.74) is 1.38. The van der Waals surface area contributed by atoms with Gasteiger partial charge in [0, 0.05) is 25.4 Å². The van der Waals surface area contributed by atoms with Gasteiger partial charge >= 0.3 is 0 Å². The zero-order chi connectivity index (χ0) is 23.8. The third kappa shape index (κ3) is 11.0. The van der Waals surface area contributed by atoms with Crippen LogP contribution >= 0.6 is 0 Å². The van der Waals surface area contributed by atoms with E-state index in [4.69, 9.17) is 0 Å². The molecule has 0 spiro atoms. The molecule has 182 valence electrons. The largest absolute Gasteiger partial charge is 0.506 e. The van der Waals surface area contributed by atoms with E-state index in [-0.39, 0.29) is 29.9 Å². The van der Waals surface area contributed by atoms with Crippen LogP contribution in [0.25, 0.3) is 0 Å². The van der Waals surface area contributed by atoms with Crippen molar-refractivity contribution >= 4 is 17.5 Å². The number of nitrogens with zero attached hydrogens (tertiary/aromatic N) is 1. The molecule has 0 aromatic heterocycles. The zero-order valence-electron chi connectivity index (χ0n) is 20.9. The van der Waals surface area contributed by atoms with Crippen LogP contribution in [0.3, 0.4) is 0 Å². The van der Waals surface area contributed by atoms with Crippen LogP contribution in [0, 0.1) is 12.8 Å². The maximum atomic E-state index is 13.0. The van der Waals surface area contributed by atoms with E-state index in [9.17, 15) is 14.7 Å². The molecule has 0 saturated carbocycles. The van der Waals surface area contributed by atoms with Gasteiger partial charge in [0.2, 0.25) is 11.8 Å². The van der Waals surface area contributed by atoms with Gasteiger partial charge in [-0.25, -0.2) is 0 Å². The van der Waals surface area contributed by atoms with E-state index in [2.05, 4.69) is 12.2 Å². The second-order valence-corrected chi connectivity index (χ2v) is 8.95. The predicted molar refractivity (Wildman–Crippen MR) is 134 cm³/mol. The van der Waals surface area contributed by atoms with Crippen LogP contribution < -0.4 is 5.32 Å². The van der Waals surface area contributed by atoms with Crippen molar-refractivity contribution in [2.24, 2.45) is 5.92 Å². The van der Waals surface area contributed by atoms with Crippen molar-refractivity contribution in [1.82, 2.24) is 4.90 Å². The number of benzene rings is 1. The summed E-state index contributed by atoms with van der Waals surface area (Å²) in [6.45, 7) is 9.39. The second kappa shape index (κ2) is 16.6. The van der Waals surface area contributed by atoms with E-state index < -0.39 is 0 Å². The first-order valence-electron chi connectivity index (χ1n) is 12.8. The summed E-state index contributed by atoms with van der Waals surface area (Å²) in [4.78, 5) is 27.5. The van der Waals surface area contributed by atoms with Crippen molar-refractivity contribution in [3.63, 3.8) is 0 Å². The number of phenols is 1. The first kappa shape index (κ1) is 28.0. The number of hydrogen-bond acceptors (Lipinski definition) is 3. The van der Waals surface area contributed by atoms with Crippen molar-refractivity contribution in [3.05, 3.63) is 23.8 Å². The third-order valence-corrected chi connectivity index (χ3v) is 6.22. The summed E-state index contributed by atoms with van der Waals surface area (Å²) in [7, 11) is 0. The number of phenolic OH excluding ortho intramolecular Hbond substituents is 1. The maximum absolute atomic E-state index is 13.0. The molecule has 1 unspecified atom stereocenters. The topological polar surface area (TPSA) is 69.6 Å². The second-order valence-electron chi connectivity index (χ2n) is 8.95. The molecule has 2 amide bonds. The number of carbonyl (C=O) groups is 2. The first-order valence-corrected chi connectivity index (χ1v) is 12.8. The van der Waals surface area contributed by atoms with E-state index in [0.717, 1.165) is 18.4 Å². The molecule has 2 N–H and O–H groups in total. The zero-order valence-corrected chi connectivity index (χ0v) is 20.9. The molecule has 0 aliphatic heterocycles. The Hall–Kier alpha value is -2.04. The molecular weight excluding hydrogens is 400 g/mol. The average molecular weight is 447 g/mol. The smallest absolute Gasteiger partial charge is 0.228 e. The van der Waals surface area contributed by atoms with E-state index in [1.165, 1.54) is 51.4 Å². The summed E-state index contributed by atoms with van der Waals surface area (Å²) in [6, 6.07) is 5.15. The summed E-state index contributed by atoms with van der Waals surface area (Å²) >= 11 is 0. The molecule has 0 fully saturated rings.